The molecular weight excluding hydrogens is 513 g/mol. The zero-order valence-corrected chi connectivity index (χ0v) is 20.2. The Labute approximate surface area is 208 Å². The number of rotatable bonds is 5. The Morgan fingerprint density at radius 2 is 1.89 bits per heavy atom. The zero-order valence-electron chi connectivity index (χ0n) is 18.7. The topological polar surface area (TPSA) is 63.2 Å². The Balaban J connectivity index is 1.54. The summed E-state index contributed by atoms with van der Waals surface area (Å²) >= 11 is 11.5. The molecule has 2 unspecified atom stereocenters. The van der Waals surface area contributed by atoms with Gasteiger partial charge in [0.2, 0.25) is 0 Å². The summed E-state index contributed by atoms with van der Waals surface area (Å²) < 4.78 is 61.6. The number of amidine groups is 1. The van der Waals surface area contributed by atoms with Gasteiger partial charge < -0.3 is 19.8 Å². The summed E-state index contributed by atoms with van der Waals surface area (Å²) in [7, 11) is 1.54. The van der Waals surface area contributed by atoms with Crippen LogP contribution in [0.3, 0.4) is 0 Å². The molecular formula is C23H21Cl2F4N3O3. The number of nitrogens with one attached hydrogen (secondary N) is 1. The Morgan fingerprint density at radius 1 is 1.23 bits per heavy atom. The van der Waals surface area contributed by atoms with Crippen molar-refractivity contribution in [3.05, 3.63) is 68.4 Å². The summed E-state index contributed by atoms with van der Waals surface area (Å²) in [5.74, 6) is -1.23. The average molecular weight is 534 g/mol. The SMILES string of the molecule is COCC(C)NC(=O)c1ccc2c(c1)CN(C1=NOC(c3cc(Cl)c(F)c(Cl)c3)(C(F)(F)F)C1)C2. The molecule has 2 atom stereocenters. The van der Waals surface area contributed by atoms with Crippen molar-refractivity contribution in [2.75, 3.05) is 13.7 Å². The third-order valence-electron chi connectivity index (χ3n) is 5.97. The number of amides is 1. The normalized spacial score (nSPS) is 20.3. The number of carbonyl (C=O) groups excluding carboxylic acids is 1. The molecule has 1 N–H and O–H groups in total. The molecule has 0 saturated heterocycles. The Kier molecular flexibility index (Phi) is 6.91. The summed E-state index contributed by atoms with van der Waals surface area (Å²) in [6.07, 6.45) is -5.54. The second-order valence-electron chi connectivity index (χ2n) is 8.52. The van der Waals surface area contributed by atoms with Crippen LogP contribution in [0.15, 0.2) is 35.5 Å². The summed E-state index contributed by atoms with van der Waals surface area (Å²) in [5.41, 5.74) is -1.23. The smallest absolute Gasteiger partial charge is 0.383 e. The Morgan fingerprint density at radius 3 is 2.51 bits per heavy atom. The first-order chi connectivity index (χ1) is 16.4. The van der Waals surface area contributed by atoms with E-state index in [4.69, 9.17) is 32.8 Å². The number of halogens is 6. The molecule has 0 saturated carbocycles. The number of hydrogen-bond acceptors (Lipinski definition) is 5. The van der Waals surface area contributed by atoms with Gasteiger partial charge >= 0.3 is 6.18 Å². The van der Waals surface area contributed by atoms with E-state index >= 15 is 0 Å². The second-order valence-corrected chi connectivity index (χ2v) is 9.34. The van der Waals surface area contributed by atoms with Crippen molar-refractivity contribution < 1.29 is 31.9 Å². The fourth-order valence-electron chi connectivity index (χ4n) is 4.16. The average Bonchev–Trinajstić information content (AvgIpc) is 3.41. The van der Waals surface area contributed by atoms with Crippen LogP contribution in [0.2, 0.25) is 10.0 Å². The van der Waals surface area contributed by atoms with Gasteiger partial charge in [-0.1, -0.05) is 34.4 Å². The van der Waals surface area contributed by atoms with Gasteiger partial charge in [0.1, 0.15) is 5.84 Å². The largest absolute Gasteiger partial charge is 0.435 e. The van der Waals surface area contributed by atoms with Gasteiger partial charge in [0.25, 0.3) is 11.5 Å². The Bertz CT molecular complexity index is 1170. The van der Waals surface area contributed by atoms with Crippen molar-refractivity contribution in [1.29, 1.82) is 0 Å². The van der Waals surface area contributed by atoms with E-state index in [1.807, 2.05) is 6.92 Å². The summed E-state index contributed by atoms with van der Waals surface area (Å²) in [6, 6.07) is 6.64. The zero-order chi connectivity index (χ0) is 25.5. The van der Waals surface area contributed by atoms with Crippen LogP contribution in [-0.2, 0) is 28.3 Å². The maximum atomic E-state index is 14.2. The van der Waals surface area contributed by atoms with E-state index in [0.29, 0.717) is 18.7 Å². The third-order valence-corrected chi connectivity index (χ3v) is 6.52. The van der Waals surface area contributed by atoms with Crippen molar-refractivity contribution in [1.82, 2.24) is 10.2 Å². The van der Waals surface area contributed by atoms with Gasteiger partial charge in [-0.05, 0) is 42.3 Å². The van der Waals surface area contributed by atoms with Crippen LogP contribution in [0.1, 0.15) is 40.4 Å². The van der Waals surface area contributed by atoms with Crippen LogP contribution in [0, 0.1) is 5.82 Å². The lowest BCUT2D eigenvalue weighted by Crippen LogP contribution is -2.44. The predicted octanol–water partition coefficient (Wildman–Crippen LogP) is 5.40. The minimum atomic E-state index is -4.89. The van der Waals surface area contributed by atoms with Gasteiger partial charge in [0.05, 0.1) is 23.1 Å². The first kappa shape index (κ1) is 25.5. The highest BCUT2D eigenvalue weighted by atomic mass is 35.5. The molecule has 12 heteroatoms. The van der Waals surface area contributed by atoms with Gasteiger partial charge in [-0.25, -0.2) is 4.39 Å². The molecule has 0 spiro atoms. The lowest BCUT2D eigenvalue weighted by molar-refractivity contribution is -0.275. The molecule has 4 rings (SSSR count). The lowest BCUT2D eigenvalue weighted by Gasteiger charge is -2.30. The first-order valence-electron chi connectivity index (χ1n) is 10.6. The summed E-state index contributed by atoms with van der Waals surface area (Å²) in [4.78, 5) is 19.1. The molecule has 2 aliphatic rings. The summed E-state index contributed by atoms with van der Waals surface area (Å²) in [5, 5.41) is 5.47. The molecule has 2 heterocycles. The predicted molar refractivity (Wildman–Crippen MR) is 122 cm³/mol. The first-order valence-corrected chi connectivity index (χ1v) is 11.3. The van der Waals surface area contributed by atoms with Gasteiger partial charge in [-0.2, -0.15) is 13.2 Å². The van der Waals surface area contributed by atoms with E-state index < -0.39 is 39.6 Å². The fourth-order valence-corrected chi connectivity index (χ4v) is 4.65. The number of fused-ring (bicyclic) bond motifs is 1. The van der Waals surface area contributed by atoms with Crippen molar-refractivity contribution >= 4 is 34.9 Å². The fraction of sp³-hybridized carbons (Fsp3) is 0.391. The molecule has 2 aromatic carbocycles. The van der Waals surface area contributed by atoms with Crippen LogP contribution >= 0.6 is 23.2 Å². The van der Waals surface area contributed by atoms with E-state index in [1.165, 1.54) is 7.11 Å². The maximum absolute atomic E-state index is 14.2. The van der Waals surface area contributed by atoms with E-state index in [0.717, 1.165) is 23.3 Å². The second kappa shape index (κ2) is 9.48. The molecule has 0 aromatic heterocycles. The molecule has 0 radical (unpaired) electrons. The molecule has 6 nitrogen and oxygen atoms in total. The molecule has 0 bridgehead atoms. The van der Waals surface area contributed by atoms with E-state index in [9.17, 15) is 22.4 Å². The van der Waals surface area contributed by atoms with Crippen LogP contribution in [0.25, 0.3) is 0 Å². The third kappa shape index (κ3) is 4.79. The molecule has 188 valence electrons. The van der Waals surface area contributed by atoms with E-state index in [-0.39, 0.29) is 24.3 Å². The van der Waals surface area contributed by atoms with Gasteiger partial charge in [-0.15, -0.1) is 0 Å². The molecule has 0 aliphatic carbocycles. The standard InChI is InChI=1S/C23H21Cl2F4N3O3/c1-12(11-34-2)30-21(33)13-3-4-14-9-32(10-15(14)5-13)19-8-22(35-31-19,23(27,28)29)16-6-17(24)20(26)18(25)7-16/h3-7,12H,8-11H2,1-2H3,(H,30,33). The maximum Gasteiger partial charge on any atom is 0.435 e. The number of hydrogen-bond donors (Lipinski definition) is 1. The molecule has 0 fully saturated rings. The quantitative estimate of drug-likeness (QED) is 0.412. The molecule has 35 heavy (non-hydrogen) atoms. The highest BCUT2D eigenvalue weighted by Crippen LogP contribution is 2.50. The number of carbonyl (C=O) groups is 1. The van der Waals surface area contributed by atoms with Gasteiger partial charge in [0, 0.05) is 37.4 Å². The van der Waals surface area contributed by atoms with E-state index in [1.54, 1.807) is 23.1 Å². The van der Waals surface area contributed by atoms with Crippen molar-refractivity contribution in [2.24, 2.45) is 5.16 Å². The van der Waals surface area contributed by atoms with E-state index in [2.05, 4.69) is 10.5 Å². The lowest BCUT2D eigenvalue weighted by atomic mass is 9.89. The highest BCUT2D eigenvalue weighted by Gasteiger charge is 2.63. The monoisotopic (exact) mass is 533 g/mol. The van der Waals surface area contributed by atoms with Crippen molar-refractivity contribution in [3.63, 3.8) is 0 Å². The number of benzene rings is 2. The minimum absolute atomic E-state index is 0.0646. The van der Waals surface area contributed by atoms with Crippen LogP contribution < -0.4 is 5.32 Å². The van der Waals surface area contributed by atoms with Crippen molar-refractivity contribution in [2.45, 2.75) is 44.3 Å². The van der Waals surface area contributed by atoms with Gasteiger partial charge in [0.15, 0.2) is 5.82 Å². The van der Waals surface area contributed by atoms with Crippen molar-refractivity contribution in [3.8, 4) is 0 Å². The number of ether oxygens (including phenoxy) is 1. The number of methoxy groups -OCH3 is 1. The Hall–Kier alpha value is -2.56. The number of nitrogens with zero attached hydrogens (tertiary/aromatic N) is 2. The molecule has 2 aromatic rings. The molecule has 2 aliphatic heterocycles. The number of alkyl halides is 3. The van der Waals surface area contributed by atoms with Crippen LogP contribution in [0.5, 0.6) is 0 Å². The summed E-state index contributed by atoms with van der Waals surface area (Å²) in [6.45, 7) is 2.70. The number of oxime groups is 1. The minimum Gasteiger partial charge on any atom is -0.383 e. The van der Waals surface area contributed by atoms with Gasteiger partial charge in [-0.3, -0.25) is 4.79 Å². The highest BCUT2D eigenvalue weighted by molar-refractivity contribution is 6.35. The molecule has 1 amide bonds. The van der Waals surface area contributed by atoms with Crippen LogP contribution in [0.4, 0.5) is 17.6 Å². The van der Waals surface area contributed by atoms with Crippen LogP contribution in [-0.4, -0.2) is 42.6 Å².